The van der Waals surface area contributed by atoms with Crippen molar-refractivity contribution in [3.05, 3.63) is 39.0 Å². The molecule has 0 bridgehead atoms. The van der Waals surface area contributed by atoms with Crippen LogP contribution >= 0.6 is 0 Å². The number of hydrogen-bond acceptors (Lipinski definition) is 5. The molecular formula is C17H24N4O4S. The molecule has 1 aromatic carbocycles. The van der Waals surface area contributed by atoms with Crippen LogP contribution in [-0.4, -0.2) is 35.7 Å². The van der Waals surface area contributed by atoms with Gasteiger partial charge in [0.2, 0.25) is 10.0 Å². The van der Waals surface area contributed by atoms with Gasteiger partial charge in [-0.25, -0.2) is 17.9 Å². The highest BCUT2D eigenvalue weighted by Gasteiger charge is 2.34. The lowest BCUT2D eigenvalue weighted by Crippen LogP contribution is -2.58. The fraction of sp³-hybridized carbons (Fsp3) is 0.529. The Balaban J connectivity index is 1.97. The van der Waals surface area contributed by atoms with Crippen molar-refractivity contribution < 1.29 is 8.42 Å². The summed E-state index contributed by atoms with van der Waals surface area (Å²) in [7, 11) is -0.835. The van der Waals surface area contributed by atoms with Gasteiger partial charge in [-0.15, -0.1) is 0 Å². The van der Waals surface area contributed by atoms with E-state index >= 15 is 0 Å². The van der Waals surface area contributed by atoms with E-state index in [-0.39, 0.29) is 28.4 Å². The van der Waals surface area contributed by atoms with Crippen molar-refractivity contribution in [2.75, 3.05) is 0 Å². The smallest absolute Gasteiger partial charge is 0.310 e. The molecule has 0 saturated heterocycles. The van der Waals surface area contributed by atoms with Gasteiger partial charge in [0, 0.05) is 32.2 Å². The van der Waals surface area contributed by atoms with E-state index in [4.69, 9.17) is 0 Å². The van der Waals surface area contributed by atoms with Crippen molar-refractivity contribution >= 4 is 20.9 Å². The zero-order valence-corrected chi connectivity index (χ0v) is 16.1. The second-order valence-electron chi connectivity index (χ2n) is 7.12. The first kappa shape index (κ1) is 18.8. The SMILES string of the molecule is CC(C)N[C@@H]1CC[C@@H]1NS(=O)(=O)c1ccc2c(c1)c(=O)n(C)c(=O)n2C. The monoisotopic (exact) mass is 380 g/mol. The second kappa shape index (κ2) is 6.64. The lowest BCUT2D eigenvalue weighted by molar-refractivity contribution is 0.252. The first-order chi connectivity index (χ1) is 12.1. The van der Waals surface area contributed by atoms with Gasteiger partial charge >= 0.3 is 5.69 Å². The summed E-state index contributed by atoms with van der Waals surface area (Å²) in [4.78, 5) is 24.4. The molecule has 26 heavy (non-hydrogen) atoms. The third kappa shape index (κ3) is 3.22. The molecule has 0 amide bonds. The lowest BCUT2D eigenvalue weighted by Gasteiger charge is -2.38. The number of aryl methyl sites for hydroxylation is 1. The zero-order valence-electron chi connectivity index (χ0n) is 15.3. The van der Waals surface area contributed by atoms with Gasteiger partial charge in [0.15, 0.2) is 0 Å². The van der Waals surface area contributed by atoms with Gasteiger partial charge in [0.05, 0.1) is 15.8 Å². The third-order valence-electron chi connectivity index (χ3n) is 4.88. The van der Waals surface area contributed by atoms with Crippen LogP contribution in [0, 0.1) is 0 Å². The van der Waals surface area contributed by atoms with E-state index in [0.29, 0.717) is 5.52 Å². The first-order valence-electron chi connectivity index (χ1n) is 8.60. The summed E-state index contributed by atoms with van der Waals surface area (Å²) in [6.45, 7) is 4.04. The molecule has 1 aliphatic carbocycles. The molecule has 0 unspecified atom stereocenters. The predicted octanol–water partition coefficient (Wildman–Crippen LogP) is 0.0445. The van der Waals surface area contributed by atoms with Gasteiger partial charge in [0.1, 0.15) is 0 Å². The predicted molar refractivity (Wildman–Crippen MR) is 99.8 cm³/mol. The van der Waals surface area contributed by atoms with Crippen LogP contribution in [0.1, 0.15) is 26.7 Å². The maximum Gasteiger partial charge on any atom is 0.330 e. The summed E-state index contributed by atoms with van der Waals surface area (Å²) in [5, 5.41) is 3.54. The molecular weight excluding hydrogens is 356 g/mol. The van der Waals surface area contributed by atoms with E-state index in [1.54, 1.807) is 7.05 Å². The van der Waals surface area contributed by atoms with Crippen LogP contribution in [0.4, 0.5) is 0 Å². The molecule has 1 saturated carbocycles. The molecule has 142 valence electrons. The Morgan fingerprint density at radius 2 is 1.73 bits per heavy atom. The normalized spacial score (nSPS) is 20.5. The Labute approximate surface area is 151 Å². The quantitative estimate of drug-likeness (QED) is 0.763. The average molecular weight is 380 g/mol. The number of hydrogen-bond donors (Lipinski definition) is 2. The summed E-state index contributed by atoms with van der Waals surface area (Å²) < 4.78 is 30.5. The van der Waals surface area contributed by atoms with Gasteiger partial charge in [-0.3, -0.25) is 13.9 Å². The number of sulfonamides is 1. The number of aromatic nitrogens is 2. The number of rotatable bonds is 5. The molecule has 9 heteroatoms. The van der Waals surface area contributed by atoms with Crippen molar-refractivity contribution in [3.8, 4) is 0 Å². The molecule has 3 rings (SSSR count). The lowest BCUT2D eigenvalue weighted by atomic mass is 9.87. The van der Waals surface area contributed by atoms with Crippen molar-refractivity contribution in [2.24, 2.45) is 14.1 Å². The second-order valence-corrected chi connectivity index (χ2v) is 8.83. The Hall–Kier alpha value is -1.97. The van der Waals surface area contributed by atoms with Crippen LogP contribution in [0.15, 0.2) is 32.7 Å². The van der Waals surface area contributed by atoms with Crippen molar-refractivity contribution in [2.45, 2.75) is 49.7 Å². The molecule has 2 N–H and O–H groups in total. The van der Waals surface area contributed by atoms with Crippen molar-refractivity contribution in [1.82, 2.24) is 19.2 Å². The van der Waals surface area contributed by atoms with E-state index in [1.807, 2.05) is 13.8 Å². The number of benzene rings is 1. The Morgan fingerprint density at radius 3 is 2.31 bits per heavy atom. The number of fused-ring (bicyclic) bond motifs is 1. The molecule has 0 aliphatic heterocycles. The van der Waals surface area contributed by atoms with E-state index in [0.717, 1.165) is 17.4 Å². The summed E-state index contributed by atoms with van der Waals surface area (Å²) >= 11 is 0. The van der Waals surface area contributed by atoms with Crippen LogP contribution in [0.25, 0.3) is 10.9 Å². The summed E-state index contributed by atoms with van der Waals surface area (Å²) in [5.41, 5.74) is -0.559. The van der Waals surface area contributed by atoms with Crippen molar-refractivity contribution in [3.63, 3.8) is 0 Å². The Morgan fingerprint density at radius 1 is 1.08 bits per heavy atom. The molecule has 0 spiro atoms. The van der Waals surface area contributed by atoms with Gasteiger partial charge in [0.25, 0.3) is 5.56 Å². The summed E-state index contributed by atoms with van der Waals surface area (Å²) in [5.74, 6) is 0. The van der Waals surface area contributed by atoms with E-state index < -0.39 is 21.3 Å². The topological polar surface area (TPSA) is 102 Å². The van der Waals surface area contributed by atoms with Crippen LogP contribution in [0.3, 0.4) is 0 Å². The van der Waals surface area contributed by atoms with E-state index in [2.05, 4.69) is 10.0 Å². The average Bonchev–Trinajstić information content (AvgIpc) is 2.59. The van der Waals surface area contributed by atoms with Crippen LogP contribution < -0.4 is 21.3 Å². The Kier molecular flexibility index (Phi) is 4.80. The third-order valence-corrected chi connectivity index (χ3v) is 6.36. The molecule has 1 fully saturated rings. The molecule has 2 atom stereocenters. The molecule has 1 aromatic heterocycles. The minimum atomic E-state index is -3.76. The number of nitrogens with zero attached hydrogens (tertiary/aromatic N) is 2. The van der Waals surface area contributed by atoms with Gasteiger partial charge in [-0.2, -0.15) is 0 Å². The molecule has 2 aromatic rings. The number of nitrogens with one attached hydrogen (secondary N) is 2. The standard InChI is InChI=1S/C17H24N4O4S/c1-10(2)18-13-6-7-14(13)19-26(24,25)11-5-8-15-12(9-11)16(22)21(4)17(23)20(15)3/h5,8-10,13-14,18-19H,6-7H2,1-4H3/t13-,14+/m1/s1. The maximum atomic E-state index is 12.7. The highest BCUT2D eigenvalue weighted by atomic mass is 32.2. The van der Waals surface area contributed by atoms with E-state index in [9.17, 15) is 18.0 Å². The van der Waals surface area contributed by atoms with Crippen LogP contribution in [0.5, 0.6) is 0 Å². The largest absolute Gasteiger partial charge is 0.330 e. The molecule has 1 aliphatic rings. The highest BCUT2D eigenvalue weighted by Crippen LogP contribution is 2.23. The zero-order chi connectivity index (χ0) is 19.2. The molecule has 0 radical (unpaired) electrons. The van der Waals surface area contributed by atoms with Gasteiger partial charge < -0.3 is 5.32 Å². The van der Waals surface area contributed by atoms with Gasteiger partial charge in [-0.05, 0) is 31.0 Å². The molecule has 8 nitrogen and oxygen atoms in total. The van der Waals surface area contributed by atoms with Gasteiger partial charge in [-0.1, -0.05) is 13.8 Å². The van der Waals surface area contributed by atoms with E-state index in [1.165, 1.54) is 29.8 Å². The maximum absolute atomic E-state index is 12.7. The fourth-order valence-corrected chi connectivity index (χ4v) is 4.61. The minimum absolute atomic E-state index is 0.0240. The highest BCUT2D eigenvalue weighted by molar-refractivity contribution is 7.89. The molecule has 1 heterocycles. The Bertz CT molecular complexity index is 1070. The summed E-state index contributed by atoms with van der Waals surface area (Å²) in [6.07, 6.45) is 1.69. The fourth-order valence-electron chi connectivity index (χ4n) is 3.28. The minimum Gasteiger partial charge on any atom is -0.310 e. The summed E-state index contributed by atoms with van der Waals surface area (Å²) in [6, 6.07) is 4.48. The van der Waals surface area contributed by atoms with Crippen LogP contribution in [-0.2, 0) is 24.1 Å². The van der Waals surface area contributed by atoms with Crippen LogP contribution in [0.2, 0.25) is 0 Å². The first-order valence-corrected chi connectivity index (χ1v) is 10.1. The van der Waals surface area contributed by atoms with Crippen molar-refractivity contribution in [1.29, 1.82) is 0 Å².